The molecule has 1 aromatic carbocycles. The molecule has 4 nitrogen and oxygen atoms in total. The molecule has 0 fully saturated rings. The van der Waals surface area contributed by atoms with Gasteiger partial charge in [0.25, 0.3) is 0 Å². The second kappa shape index (κ2) is 6.89. The number of methoxy groups -OCH3 is 1. The number of anilines is 1. The van der Waals surface area contributed by atoms with Gasteiger partial charge in [-0.2, -0.15) is 0 Å². The van der Waals surface area contributed by atoms with Crippen molar-refractivity contribution in [1.29, 1.82) is 0 Å². The lowest BCUT2D eigenvalue weighted by atomic mass is 10.1. The summed E-state index contributed by atoms with van der Waals surface area (Å²) >= 11 is 0. The lowest BCUT2D eigenvalue weighted by molar-refractivity contribution is 0.0600. The first-order valence-electron chi connectivity index (χ1n) is 6.21. The average Bonchev–Trinajstić information content (AvgIpc) is 2.38. The van der Waals surface area contributed by atoms with E-state index in [1.165, 1.54) is 7.11 Å². The molecule has 4 heteroatoms. The number of esters is 1. The minimum Gasteiger partial charge on any atom is -0.493 e. The summed E-state index contributed by atoms with van der Waals surface area (Å²) in [6.07, 6.45) is 3.27. The highest BCUT2D eigenvalue weighted by molar-refractivity contribution is 5.91. The van der Waals surface area contributed by atoms with Gasteiger partial charge in [0, 0.05) is 11.3 Å². The van der Waals surface area contributed by atoms with E-state index in [0.717, 1.165) is 24.8 Å². The number of hydrogen-bond donors (Lipinski definition) is 1. The van der Waals surface area contributed by atoms with E-state index in [1.54, 1.807) is 12.1 Å². The van der Waals surface area contributed by atoms with Gasteiger partial charge in [0.05, 0.1) is 19.3 Å². The predicted molar refractivity (Wildman–Crippen MR) is 72.0 cm³/mol. The van der Waals surface area contributed by atoms with Crippen LogP contribution in [0.1, 0.15) is 42.1 Å². The Labute approximate surface area is 108 Å². The highest BCUT2D eigenvalue weighted by atomic mass is 16.5. The second-order valence-corrected chi connectivity index (χ2v) is 4.24. The van der Waals surface area contributed by atoms with E-state index in [0.29, 0.717) is 23.6 Å². The number of ether oxygens (including phenoxy) is 2. The summed E-state index contributed by atoms with van der Waals surface area (Å²) in [7, 11) is 1.35. The number of unbranched alkanes of at least 4 members (excludes halogenated alkanes) is 2. The largest absolute Gasteiger partial charge is 0.493 e. The van der Waals surface area contributed by atoms with Gasteiger partial charge in [-0.3, -0.25) is 0 Å². The summed E-state index contributed by atoms with van der Waals surface area (Å²) in [6, 6.07) is 3.30. The summed E-state index contributed by atoms with van der Waals surface area (Å²) in [4.78, 5) is 11.5. The number of benzene rings is 1. The zero-order valence-electron chi connectivity index (χ0n) is 11.3. The zero-order chi connectivity index (χ0) is 13.5. The molecule has 0 heterocycles. The molecule has 18 heavy (non-hydrogen) atoms. The molecule has 100 valence electrons. The molecular formula is C14H21NO3. The Morgan fingerprint density at radius 1 is 1.33 bits per heavy atom. The summed E-state index contributed by atoms with van der Waals surface area (Å²) in [5.74, 6) is 0.256. The molecule has 0 atom stereocenters. The Bertz CT molecular complexity index is 416. The van der Waals surface area contributed by atoms with E-state index in [4.69, 9.17) is 10.5 Å². The third-order valence-corrected chi connectivity index (χ3v) is 2.83. The molecule has 0 bridgehead atoms. The van der Waals surface area contributed by atoms with Gasteiger partial charge in [-0.25, -0.2) is 4.79 Å². The first kappa shape index (κ1) is 14.4. The fourth-order valence-electron chi connectivity index (χ4n) is 1.63. The summed E-state index contributed by atoms with van der Waals surface area (Å²) < 4.78 is 10.3. The van der Waals surface area contributed by atoms with Crippen molar-refractivity contribution in [1.82, 2.24) is 0 Å². The van der Waals surface area contributed by atoms with Crippen molar-refractivity contribution >= 4 is 11.7 Å². The molecule has 0 aliphatic carbocycles. The molecule has 0 saturated carbocycles. The SMILES string of the molecule is CCCCCOc1cc(C(=O)OC)cc(N)c1C. The molecule has 1 aromatic rings. The minimum absolute atomic E-state index is 0.403. The maximum atomic E-state index is 11.5. The molecular weight excluding hydrogens is 230 g/mol. The van der Waals surface area contributed by atoms with Crippen LogP contribution in [0.3, 0.4) is 0 Å². The Morgan fingerprint density at radius 2 is 2.06 bits per heavy atom. The molecule has 0 amide bonds. The van der Waals surface area contributed by atoms with Gasteiger partial charge < -0.3 is 15.2 Å². The van der Waals surface area contributed by atoms with Gasteiger partial charge in [-0.15, -0.1) is 0 Å². The van der Waals surface area contributed by atoms with Crippen molar-refractivity contribution in [3.8, 4) is 5.75 Å². The van der Waals surface area contributed by atoms with Crippen molar-refractivity contribution in [3.05, 3.63) is 23.3 Å². The van der Waals surface area contributed by atoms with Crippen molar-refractivity contribution in [3.63, 3.8) is 0 Å². The maximum absolute atomic E-state index is 11.5. The average molecular weight is 251 g/mol. The number of hydrogen-bond acceptors (Lipinski definition) is 4. The highest BCUT2D eigenvalue weighted by Crippen LogP contribution is 2.26. The van der Waals surface area contributed by atoms with Gasteiger partial charge in [0.15, 0.2) is 0 Å². The van der Waals surface area contributed by atoms with Gasteiger partial charge in [0.1, 0.15) is 5.75 Å². The normalized spacial score (nSPS) is 10.2. The van der Waals surface area contributed by atoms with Crippen LogP contribution >= 0.6 is 0 Å². The molecule has 0 unspecified atom stereocenters. The molecule has 2 N–H and O–H groups in total. The third kappa shape index (κ3) is 3.65. The van der Waals surface area contributed by atoms with Crippen LogP contribution in [-0.2, 0) is 4.74 Å². The van der Waals surface area contributed by atoms with Crippen molar-refractivity contribution in [2.45, 2.75) is 33.1 Å². The predicted octanol–water partition coefficient (Wildman–Crippen LogP) is 2.93. The van der Waals surface area contributed by atoms with Crippen LogP contribution in [0.15, 0.2) is 12.1 Å². The highest BCUT2D eigenvalue weighted by Gasteiger charge is 2.12. The van der Waals surface area contributed by atoms with Crippen LogP contribution in [0, 0.1) is 6.92 Å². The molecule has 0 radical (unpaired) electrons. The van der Waals surface area contributed by atoms with Crippen LogP contribution in [0.2, 0.25) is 0 Å². The zero-order valence-corrected chi connectivity index (χ0v) is 11.3. The molecule has 0 saturated heterocycles. The summed E-state index contributed by atoms with van der Waals surface area (Å²) in [6.45, 7) is 4.66. The van der Waals surface area contributed by atoms with E-state index in [9.17, 15) is 4.79 Å². The molecule has 0 aromatic heterocycles. The smallest absolute Gasteiger partial charge is 0.338 e. The third-order valence-electron chi connectivity index (χ3n) is 2.83. The number of nitrogens with two attached hydrogens (primary N) is 1. The lowest BCUT2D eigenvalue weighted by Crippen LogP contribution is -2.06. The van der Waals surface area contributed by atoms with Crippen LogP contribution in [0.5, 0.6) is 5.75 Å². The second-order valence-electron chi connectivity index (χ2n) is 4.24. The van der Waals surface area contributed by atoms with Crippen molar-refractivity contribution < 1.29 is 14.3 Å². The van der Waals surface area contributed by atoms with Crippen LogP contribution in [0.4, 0.5) is 5.69 Å². The topological polar surface area (TPSA) is 61.5 Å². The molecule has 0 aliphatic heterocycles. The number of carbonyl (C=O) groups is 1. The van der Waals surface area contributed by atoms with Crippen LogP contribution < -0.4 is 10.5 Å². The first-order chi connectivity index (χ1) is 8.60. The van der Waals surface area contributed by atoms with Gasteiger partial charge in [0.2, 0.25) is 0 Å². The number of carbonyl (C=O) groups excluding carboxylic acids is 1. The van der Waals surface area contributed by atoms with Crippen molar-refractivity contribution in [2.24, 2.45) is 0 Å². The van der Waals surface area contributed by atoms with Crippen molar-refractivity contribution in [2.75, 3.05) is 19.5 Å². The first-order valence-corrected chi connectivity index (χ1v) is 6.21. The summed E-state index contributed by atoms with van der Waals surface area (Å²) in [5.41, 5.74) is 7.68. The summed E-state index contributed by atoms with van der Waals surface area (Å²) in [5, 5.41) is 0. The van der Waals surface area contributed by atoms with E-state index >= 15 is 0 Å². The van der Waals surface area contributed by atoms with E-state index in [1.807, 2.05) is 6.92 Å². The van der Waals surface area contributed by atoms with Crippen LogP contribution in [0.25, 0.3) is 0 Å². The molecule has 0 aliphatic rings. The monoisotopic (exact) mass is 251 g/mol. The molecule has 1 rings (SSSR count). The Morgan fingerprint density at radius 3 is 2.67 bits per heavy atom. The standard InChI is InChI=1S/C14H21NO3/c1-4-5-6-7-18-13-9-11(14(16)17-3)8-12(15)10(13)2/h8-9H,4-7,15H2,1-3H3. The Balaban J connectivity index is 2.82. The van der Waals surface area contributed by atoms with E-state index in [2.05, 4.69) is 11.7 Å². The van der Waals surface area contributed by atoms with Gasteiger partial charge in [-0.1, -0.05) is 19.8 Å². The van der Waals surface area contributed by atoms with Crippen LogP contribution in [-0.4, -0.2) is 19.7 Å². The van der Waals surface area contributed by atoms with E-state index in [-0.39, 0.29) is 0 Å². The van der Waals surface area contributed by atoms with Gasteiger partial charge in [-0.05, 0) is 25.5 Å². The quantitative estimate of drug-likeness (QED) is 0.479. The lowest BCUT2D eigenvalue weighted by Gasteiger charge is -2.12. The Kier molecular flexibility index (Phi) is 5.49. The number of rotatable bonds is 6. The van der Waals surface area contributed by atoms with E-state index < -0.39 is 5.97 Å². The fraction of sp³-hybridized carbons (Fsp3) is 0.500. The molecule has 0 spiro atoms. The number of nitrogen functional groups attached to an aromatic ring is 1. The Hall–Kier alpha value is -1.71. The minimum atomic E-state index is -0.403. The maximum Gasteiger partial charge on any atom is 0.338 e. The fourth-order valence-corrected chi connectivity index (χ4v) is 1.63. The van der Waals surface area contributed by atoms with Gasteiger partial charge >= 0.3 is 5.97 Å².